The molecule has 0 unspecified atom stereocenters. The molecule has 1 heterocycles. The Morgan fingerprint density at radius 3 is 2.65 bits per heavy atom. The van der Waals surface area contributed by atoms with Crippen molar-refractivity contribution >= 4 is 46.1 Å². The number of aryl methyl sites for hydroxylation is 1. The highest BCUT2D eigenvalue weighted by Gasteiger charge is 2.33. The summed E-state index contributed by atoms with van der Waals surface area (Å²) < 4.78 is 0. The van der Waals surface area contributed by atoms with E-state index in [9.17, 15) is 14.4 Å². The van der Waals surface area contributed by atoms with Gasteiger partial charge in [-0.2, -0.15) is 0 Å². The summed E-state index contributed by atoms with van der Waals surface area (Å²) in [5.41, 5.74) is 1.52. The van der Waals surface area contributed by atoms with Gasteiger partial charge in [0.2, 0.25) is 11.8 Å². The zero-order valence-corrected chi connectivity index (χ0v) is 12.4. The van der Waals surface area contributed by atoms with Crippen molar-refractivity contribution < 1.29 is 14.4 Å². The quantitative estimate of drug-likeness (QED) is 0.800. The topological polar surface area (TPSA) is 57.7 Å². The molecule has 0 atom stereocenters. The number of carbonyl (C=O) groups is 3. The number of halogens is 1. The maximum absolute atomic E-state index is 12.0. The van der Waals surface area contributed by atoms with Crippen LogP contribution in [0.2, 0.25) is 0 Å². The first-order valence-electron chi connectivity index (χ1n) is 5.93. The fraction of sp³-hybridized carbons (Fsp3) is 0.308. The summed E-state index contributed by atoms with van der Waals surface area (Å²) in [6.45, 7) is 1.76. The number of benzene rings is 1. The van der Waals surface area contributed by atoms with Gasteiger partial charge in [0.05, 0.1) is 5.75 Å². The van der Waals surface area contributed by atoms with E-state index in [1.165, 1.54) is 4.90 Å². The maximum atomic E-state index is 12.0. The molecule has 0 aliphatic carbocycles. The Morgan fingerprint density at radius 1 is 1.40 bits per heavy atom. The van der Waals surface area contributed by atoms with Gasteiger partial charge in [0.25, 0.3) is 5.24 Å². The molecule has 5 nitrogen and oxygen atoms in total. The number of hydrogen-bond acceptors (Lipinski definition) is 4. The molecule has 0 bridgehead atoms. The summed E-state index contributed by atoms with van der Waals surface area (Å²) >= 11 is 6.56. The van der Waals surface area contributed by atoms with Crippen LogP contribution < -0.4 is 4.90 Å². The van der Waals surface area contributed by atoms with E-state index in [4.69, 9.17) is 11.6 Å². The van der Waals surface area contributed by atoms with Crippen molar-refractivity contribution in [2.24, 2.45) is 0 Å². The Labute approximate surface area is 125 Å². The van der Waals surface area contributed by atoms with Gasteiger partial charge in [-0.25, -0.2) is 0 Å². The van der Waals surface area contributed by atoms with E-state index in [0.717, 1.165) is 22.2 Å². The van der Waals surface area contributed by atoms with E-state index in [0.29, 0.717) is 5.69 Å². The summed E-state index contributed by atoms with van der Waals surface area (Å²) in [7, 11) is 0. The standard InChI is InChI=1S/C13H13ClN2O3S/c1-9-4-2-3-5-10(9)15(11(17)6-14)8-16-12(18)7-20-13(16)19/h2-5H,6-8H2,1H3. The van der Waals surface area contributed by atoms with Crippen molar-refractivity contribution in [3.63, 3.8) is 0 Å². The van der Waals surface area contributed by atoms with Crippen LogP contribution in [0.25, 0.3) is 0 Å². The third-order valence-electron chi connectivity index (χ3n) is 2.95. The number of nitrogens with zero attached hydrogens (tertiary/aromatic N) is 2. The van der Waals surface area contributed by atoms with Crippen molar-refractivity contribution in [2.45, 2.75) is 6.92 Å². The molecule has 1 saturated heterocycles. The Kier molecular flexibility index (Phi) is 4.67. The van der Waals surface area contributed by atoms with Gasteiger partial charge in [-0.15, -0.1) is 11.6 Å². The van der Waals surface area contributed by atoms with Crippen molar-refractivity contribution in [2.75, 3.05) is 23.2 Å². The zero-order valence-electron chi connectivity index (χ0n) is 10.8. The van der Waals surface area contributed by atoms with Crippen LogP contribution in [0.1, 0.15) is 5.56 Å². The van der Waals surface area contributed by atoms with Gasteiger partial charge < -0.3 is 0 Å². The first-order chi connectivity index (χ1) is 9.54. The van der Waals surface area contributed by atoms with E-state index in [1.54, 1.807) is 12.1 Å². The van der Waals surface area contributed by atoms with Crippen molar-refractivity contribution in [1.82, 2.24) is 4.90 Å². The molecule has 2 rings (SSSR count). The van der Waals surface area contributed by atoms with Crippen LogP contribution in [0, 0.1) is 6.92 Å². The number of imide groups is 1. The van der Waals surface area contributed by atoms with Gasteiger partial charge in [0.15, 0.2) is 0 Å². The van der Waals surface area contributed by atoms with Gasteiger partial charge in [-0.05, 0) is 18.6 Å². The average molecular weight is 313 g/mol. The number of rotatable bonds is 4. The molecule has 1 fully saturated rings. The van der Waals surface area contributed by atoms with Crippen molar-refractivity contribution in [3.05, 3.63) is 29.8 Å². The number of amides is 3. The molecule has 1 aromatic rings. The normalized spacial score (nSPS) is 14.8. The number of thioether (sulfide) groups is 1. The maximum Gasteiger partial charge on any atom is 0.290 e. The van der Waals surface area contributed by atoms with Crippen LogP contribution in [0.5, 0.6) is 0 Å². The molecule has 3 amide bonds. The van der Waals surface area contributed by atoms with Crippen LogP contribution in [-0.4, -0.2) is 40.3 Å². The molecular formula is C13H13ClN2O3S. The second-order valence-electron chi connectivity index (χ2n) is 4.26. The first kappa shape index (κ1) is 14.9. The fourth-order valence-corrected chi connectivity index (χ4v) is 2.75. The summed E-state index contributed by atoms with van der Waals surface area (Å²) in [6.07, 6.45) is 0. The van der Waals surface area contributed by atoms with Gasteiger partial charge in [-0.1, -0.05) is 30.0 Å². The number of carbonyl (C=O) groups excluding carboxylic acids is 3. The molecule has 1 aliphatic heterocycles. The lowest BCUT2D eigenvalue weighted by Gasteiger charge is -2.27. The van der Waals surface area contributed by atoms with E-state index in [-0.39, 0.29) is 35.4 Å². The van der Waals surface area contributed by atoms with E-state index in [1.807, 2.05) is 19.1 Å². The number of hydrogen-bond donors (Lipinski definition) is 0. The Balaban J connectivity index is 2.30. The van der Waals surface area contributed by atoms with Crippen LogP contribution >= 0.6 is 23.4 Å². The molecular weight excluding hydrogens is 300 g/mol. The Hall–Kier alpha value is -1.53. The summed E-state index contributed by atoms with van der Waals surface area (Å²) in [5.74, 6) is -0.729. The Morgan fingerprint density at radius 2 is 2.10 bits per heavy atom. The second-order valence-corrected chi connectivity index (χ2v) is 5.45. The lowest BCUT2D eigenvalue weighted by Crippen LogP contribution is -2.44. The minimum Gasteiger partial charge on any atom is -0.292 e. The Bertz CT molecular complexity index is 548. The molecule has 0 radical (unpaired) electrons. The summed E-state index contributed by atoms with van der Waals surface area (Å²) in [4.78, 5) is 37.7. The van der Waals surface area contributed by atoms with Crippen LogP contribution in [0.4, 0.5) is 10.5 Å². The monoisotopic (exact) mass is 312 g/mol. The summed E-state index contributed by atoms with van der Waals surface area (Å²) in [6, 6.07) is 7.26. The molecule has 20 heavy (non-hydrogen) atoms. The SMILES string of the molecule is Cc1ccccc1N(CN1C(=O)CSC1=O)C(=O)CCl. The minimum absolute atomic E-state index is 0.0962. The highest BCUT2D eigenvalue weighted by Crippen LogP contribution is 2.24. The number of anilines is 1. The molecule has 1 aromatic carbocycles. The van der Waals surface area contributed by atoms with Gasteiger partial charge in [-0.3, -0.25) is 24.2 Å². The number of alkyl halides is 1. The molecule has 1 aliphatic rings. The molecule has 0 N–H and O–H groups in total. The van der Waals surface area contributed by atoms with Gasteiger partial charge >= 0.3 is 0 Å². The highest BCUT2D eigenvalue weighted by molar-refractivity contribution is 8.14. The molecule has 7 heteroatoms. The highest BCUT2D eigenvalue weighted by atomic mass is 35.5. The molecule has 0 spiro atoms. The lowest BCUT2D eigenvalue weighted by molar-refractivity contribution is -0.125. The van der Waals surface area contributed by atoms with E-state index in [2.05, 4.69) is 0 Å². The number of para-hydroxylation sites is 1. The largest absolute Gasteiger partial charge is 0.292 e. The van der Waals surface area contributed by atoms with Crippen LogP contribution in [0.3, 0.4) is 0 Å². The van der Waals surface area contributed by atoms with Gasteiger partial charge in [0, 0.05) is 5.69 Å². The zero-order chi connectivity index (χ0) is 14.7. The summed E-state index contributed by atoms with van der Waals surface area (Å²) in [5, 5.41) is -0.337. The lowest BCUT2D eigenvalue weighted by atomic mass is 10.2. The van der Waals surface area contributed by atoms with E-state index < -0.39 is 0 Å². The van der Waals surface area contributed by atoms with Crippen molar-refractivity contribution in [3.8, 4) is 0 Å². The van der Waals surface area contributed by atoms with E-state index >= 15 is 0 Å². The predicted octanol–water partition coefficient (Wildman–Crippen LogP) is 2.22. The predicted molar refractivity (Wildman–Crippen MR) is 79.0 cm³/mol. The van der Waals surface area contributed by atoms with Crippen LogP contribution in [0.15, 0.2) is 24.3 Å². The fourth-order valence-electron chi connectivity index (χ4n) is 1.89. The second kappa shape index (κ2) is 6.28. The van der Waals surface area contributed by atoms with Crippen LogP contribution in [-0.2, 0) is 9.59 Å². The van der Waals surface area contributed by atoms with Crippen molar-refractivity contribution in [1.29, 1.82) is 0 Å². The molecule has 0 aromatic heterocycles. The molecule has 106 valence electrons. The molecule has 0 saturated carbocycles. The third kappa shape index (κ3) is 2.96. The first-order valence-corrected chi connectivity index (χ1v) is 7.45. The average Bonchev–Trinajstić information content (AvgIpc) is 2.76. The van der Waals surface area contributed by atoms with Gasteiger partial charge in [0.1, 0.15) is 12.5 Å². The third-order valence-corrected chi connectivity index (χ3v) is 4.03. The smallest absolute Gasteiger partial charge is 0.290 e. The minimum atomic E-state index is -0.349.